The zero-order chi connectivity index (χ0) is 36.4. The van der Waals surface area contributed by atoms with Crippen LogP contribution in [0.15, 0.2) is 102 Å². The smallest absolute Gasteiger partial charge is 0.461 e. The van der Waals surface area contributed by atoms with Gasteiger partial charge in [-0.15, -0.1) is 0 Å². The Hall–Kier alpha value is -6.04. The van der Waals surface area contributed by atoms with Crippen molar-refractivity contribution >= 4 is 56.0 Å². The zero-order valence-electron chi connectivity index (χ0n) is 27.6. The third kappa shape index (κ3) is 6.89. The number of esters is 1. The van der Waals surface area contributed by atoms with Crippen molar-refractivity contribution in [3.05, 3.63) is 125 Å². The number of aryl methyl sites for hydroxylation is 1. The highest BCUT2D eigenvalue weighted by Gasteiger charge is 2.44. The highest BCUT2D eigenvalue weighted by Crippen LogP contribution is 2.39. The summed E-state index contributed by atoms with van der Waals surface area (Å²) in [5, 5.41) is 6.60. The Kier molecular flexibility index (Phi) is 9.60. The number of ketones is 1. The molecule has 8 nitrogen and oxygen atoms in total. The Morgan fingerprint density at radius 1 is 0.765 bits per heavy atom. The van der Waals surface area contributed by atoms with Gasteiger partial charge in [0.05, 0.1) is 12.1 Å². The molecule has 0 unspecified atom stereocenters. The van der Waals surface area contributed by atoms with Crippen LogP contribution in [0.4, 0.5) is 17.6 Å². The molecule has 0 aliphatic carbocycles. The predicted octanol–water partition coefficient (Wildman–Crippen LogP) is 8.60. The molecule has 0 bridgehead atoms. The van der Waals surface area contributed by atoms with Gasteiger partial charge < -0.3 is 18.9 Å². The van der Waals surface area contributed by atoms with Crippen LogP contribution < -0.4 is 4.74 Å². The van der Waals surface area contributed by atoms with Gasteiger partial charge >= 0.3 is 24.5 Å². The summed E-state index contributed by atoms with van der Waals surface area (Å²) in [6.45, 7) is 4.52. The van der Waals surface area contributed by atoms with Crippen LogP contribution in [0.5, 0.6) is 5.75 Å². The van der Waals surface area contributed by atoms with Gasteiger partial charge in [-0.25, -0.2) is 4.79 Å². The molecule has 5 aromatic carbocycles. The Morgan fingerprint density at radius 3 is 2.12 bits per heavy atom. The number of carbonyl (C=O) groups is 3. The topological polar surface area (TPSA) is 96.2 Å². The van der Waals surface area contributed by atoms with E-state index in [0.29, 0.717) is 32.8 Å². The van der Waals surface area contributed by atoms with E-state index in [1.807, 2.05) is 47.9 Å². The number of oxime groups is 1. The summed E-state index contributed by atoms with van der Waals surface area (Å²) in [6.07, 6.45) is -8.96. The molecule has 0 amide bonds. The van der Waals surface area contributed by atoms with Gasteiger partial charge in [0.15, 0.2) is 5.78 Å². The van der Waals surface area contributed by atoms with Gasteiger partial charge in [-0.05, 0) is 48.2 Å². The van der Waals surface area contributed by atoms with Crippen molar-refractivity contribution in [2.45, 2.75) is 39.9 Å². The van der Waals surface area contributed by atoms with Gasteiger partial charge in [0.25, 0.3) is 0 Å². The summed E-state index contributed by atoms with van der Waals surface area (Å²) in [5.74, 6) is -2.11. The van der Waals surface area contributed by atoms with Crippen LogP contribution in [-0.4, -0.2) is 47.1 Å². The van der Waals surface area contributed by atoms with Gasteiger partial charge in [-0.1, -0.05) is 71.9 Å². The van der Waals surface area contributed by atoms with E-state index in [0.717, 1.165) is 29.5 Å². The fourth-order valence-electron chi connectivity index (χ4n) is 6.09. The van der Waals surface area contributed by atoms with Crippen molar-refractivity contribution in [2.24, 2.45) is 5.16 Å². The summed E-state index contributed by atoms with van der Waals surface area (Å²) >= 11 is 0. The normalized spacial score (nSPS) is 12.1. The third-order valence-electron chi connectivity index (χ3n) is 8.30. The number of rotatable bonds is 11. The van der Waals surface area contributed by atoms with Gasteiger partial charge in [0.2, 0.25) is 0 Å². The number of aromatic nitrogens is 1. The molecule has 0 N–H and O–H groups in total. The number of alkyl halides is 4. The lowest BCUT2D eigenvalue weighted by molar-refractivity contribution is -0.253. The second kappa shape index (κ2) is 14.1. The molecule has 0 fully saturated rings. The predicted molar refractivity (Wildman–Crippen MR) is 184 cm³/mol. The first-order chi connectivity index (χ1) is 24.4. The molecular formula is C39H30F4N2O6. The molecule has 0 radical (unpaired) electrons. The van der Waals surface area contributed by atoms with E-state index in [4.69, 9.17) is 9.57 Å². The number of nitrogens with zero attached hydrogens (tertiary/aromatic N) is 2. The first-order valence-electron chi connectivity index (χ1n) is 15.8. The van der Waals surface area contributed by atoms with Gasteiger partial charge in [-0.3, -0.25) is 9.59 Å². The molecule has 260 valence electrons. The Balaban J connectivity index is 1.64. The molecule has 51 heavy (non-hydrogen) atoms. The number of fused-ring (bicyclic) bond motifs is 5. The van der Waals surface area contributed by atoms with Gasteiger partial charge in [-0.2, -0.15) is 17.6 Å². The van der Waals surface area contributed by atoms with Crippen molar-refractivity contribution in [2.75, 3.05) is 6.61 Å². The largest absolute Gasteiger partial charge is 0.464 e. The minimum atomic E-state index is -4.83. The molecular weight excluding hydrogens is 668 g/mol. The fraction of sp³-hybridized carbons (Fsp3) is 0.179. The molecule has 1 aromatic heterocycles. The highest BCUT2D eigenvalue weighted by atomic mass is 19.3. The van der Waals surface area contributed by atoms with Crippen LogP contribution >= 0.6 is 0 Å². The summed E-state index contributed by atoms with van der Waals surface area (Å²) in [5.41, 5.74) is 3.06. The molecule has 0 saturated carbocycles. The van der Waals surface area contributed by atoms with E-state index in [9.17, 15) is 31.9 Å². The van der Waals surface area contributed by atoms with Gasteiger partial charge in [0, 0.05) is 57.8 Å². The quantitative estimate of drug-likeness (QED) is 0.0336. The first-order valence-corrected chi connectivity index (χ1v) is 15.8. The van der Waals surface area contributed by atoms with Crippen LogP contribution in [0.2, 0.25) is 0 Å². The van der Waals surface area contributed by atoms with E-state index >= 15 is 0 Å². The Bertz CT molecular complexity index is 2370. The monoisotopic (exact) mass is 698 g/mol. The van der Waals surface area contributed by atoms with Crippen molar-refractivity contribution in [1.29, 1.82) is 0 Å². The molecule has 0 saturated heterocycles. The Morgan fingerprint density at radius 2 is 1.43 bits per heavy atom. The molecule has 0 atom stereocenters. The van der Waals surface area contributed by atoms with E-state index in [2.05, 4.69) is 9.89 Å². The SMILES string of the molecule is CC(=O)OCCn1c2ccc(/C(=N\OC(C)=O)c3ccccc3OC(F)(F)C(F)F)cc2c2cc(C(=O)c3ccccc3C)c3ccccc3c21. The van der Waals surface area contributed by atoms with Crippen LogP contribution in [0.3, 0.4) is 0 Å². The number of para-hydroxylation sites is 1. The summed E-state index contributed by atoms with van der Waals surface area (Å²) in [4.78, 5) is 42.7. The number of halogens is 4. The lowest BCUT2D eigenvalue weighted by atomic mass is 9.92. The summed E-state index contributed by atoms with van der Waals surface area (Å²) in [6, 6.07) is 26.6. The molecule has 0 aliphatic heterocycles. The molecule has 6 rings (SSSR count). The van der Waals surface area contributed by atoms with E-state index < -0.39 is 30.2 Å². The molecule has 12 heteroatoms. The van der Waals surface area contributed by atoms with E-state index in [-0.39, 0.29) is 35.8 Å². The molecule has 0 aliphatic rings. The standard InChI is InChI=1S/C39H30F4N2O6/c1-22-10-4-5-11-26(22)37(48)32-21-31-30-20-25(35(44-51-24(3)47)29-14-8-9-15-34(29)50-39(42,43)38(40)41)16-17-33(30)45(18-19-49-23(2)46)36(31)28-13-7-6-12-27(28)32/h4-17,20-21,38H,18-19H2,1-3H3/b44-35+. The lowest BCUT2D eigenvalue weighted by Crippen LogP contribution is -2.34. The average molecular weight is 699 g/mol. The lowest BCUT2D eigenvalue weighted by Gasteiger charge is -2.19. The first kappa shape index (κ1) is 34.8. The number of benzene rings is 5. The minimum absolute atomic E-state index is 0.0381. The van der Waals surface area contributed by atoms with Crippen molar-refractivity contribution in [3.8, 4) is 5.75 Å². The fourth-order valence-corrected chi connectivity index (χ4v) is 6.09. The van der Waals surface area contributed by atoms with Crippen molar-refractivity contribution in [3.63, 3.8) is 0 Å². The molecule has 0 spiro atoms. The third-order valence-corrected chi connectivity index (χ3v) is 8.30. The minimum Gasteiger partial charge on any atom is -0.464 e. The summed E-state index contributed by atoms with van der Waals surface area (Å²) in [7, 11) is 0. The van der Waals surface area contributed by atoms with Crippen LogP contribution in [0, 0.1) is 6.92 Å². The van der Waals surface area contributed by atoms with E-state index in [1.165, 1.54) is 25.1 Å². The zero-order valence-corrected chi connectivity index (χ0v) is 27.6. The van der Waals surface area contributed by atoms with Crippen LogP contribution in [-0.2, 0) is 25.7 Å². The highest BCUT2D eigenvalue weighted by molar-refractivity contribution is 6.27. The molecule has 1 heterocycles. The van der Waals surface area contributed by atoms with E-state index in [1.54, 1.807) is 36.4 Å². The number of carbonyl (C=O) groups excluding carboxylic acids is 3. The van der Waals surface area contributed by atoms with Gasteiger partial charge in [0.1, 0.15) is 18.1 Å². The average Bonchev–Trinajstić information content (AvgIpc) is 3.41. The second-order valence-electron chi connectivity index (χ2n) is 11.7. The maximum Gasteiger partial charge on any atom is 0.461 e. The molecule has 6 aromatic rings. The number of hydrogen-bond donors (Lipinski definition) is 0. The second-order valence-corrected chi connectivity index (χ2v) is 11.7. The van der Waals surface area contributed by atoms with Crippen molar-refractivity contribution in [1.82, 2.24) is 4.57 Å². The maximum absolute atomic E-state index is 14.2. The number of ether oxygens (including phenoxy) is 2. The van der Waals surface area contributed by atoms with Crippen LogP contribution in [0.25, 0.3) is 32.6 Å². The number of hydrogen-bond acceptors (Lipinski definition) is 7. The Labute approximate surface area is 288 Å². The summed E-state index contributed by atoms with van der Waals surface area (Å²) < 4.78 is 66.4. The maximum atomic E-state index is 14.2. The van der Waals surface area contributed by atoms with Crippen LogP contribution in [0.1, 0.15) is 46.5 Å². The van der Waals surface area contributed by atoms with Crippen molar-refractivity contribution < 1.29 is 46.3 Å².